The Bertz CT molecular complexity index is 2200. The molecule has 4 unspecified atom stereocenters. The summed E-state index contributed by atoms with van der Waals surface area (Å²) in [5.74, 6) is 0.588. The molecular weight excluding hydrogens is 1350 g/mol. The fourth-order valence-electron chi connectivity index (χ4n) is 13.4. The van der Waals surface area contributed by atoms with Gasteiger partial charge in [0.2, 0.25) is 11.8 Å². The molecule has 104 heavy (non-hydrogen) atoms. The van der Waals surface area contributed by atoms with Gasteiger partial charge in [0, 0.05) is 49.7 Å². The molecule has 608 valence electrons. The molecule has 0 saturated carbocycles. The van der Waals surface area contributed by atoms with Crippen LogP contribution in [0.1, 0.15) is 366 Å². The van der Waals surface area contributed by atoms with Gasteiger partial charge in [0.25, 0.3) is 0 Å². The molecule has 0 radical (unpaired) electrons. The average Bonchev–Trinajstić information content (AvgIpc) is 0.836. The second kappa shape index (κ2) is 52.4. The molecule has 0 saturated heterocycles. The van der Waals surface area contributed by atoms with Gasteiger partial charge in [-0.05, 0) is 149 Å². The lowest BCUT2D eigenvalue weighted by atomic mass is 10.0. The molecule has 0 N–H and O–H groups in total. The van der Waals surface area contributed by atoms with Crippen molar-refractivity contribution in [2.75, 3.05) is 39.3 Å². The van der Waals surface area contributed by atoms with E-state index in [1.807, 2.05) is 12.1 Å². The number of hydrogen-bond donors (Lipinski definition) is 0. The Morgan fingerprint density at radius 2 is 0.548 bits per heavy atom. The molecule has 4 atom stereocenters. The van der Waals surface area contributed by atoms with Gasteiger partial charge in [-0.25, -0.2) is 14.8 Å². The van der Waals surface area contributed by atoms with Crippen LogP contribution in [0, 0.1) is 0 Å². The number of nitrogens with zero attached hydrogens (tertiary/aromatic N) is 4. The molecule has 2 aromatic rings. The molecule has 2 aromatic heterocycles. The van der Waals surface area contributed by atoms with Crippen molar-refractivity contribution in [2.24, 2.45) is 0 Å². The molecule has 0 spiro atoms. The van der Waals surface area contributed by atoms with Crippen LogP contribution in [-0.4, -0.2) is 123 Å². The van der Waals surface area contributed by atoms with E-state index in [4.69, 9.17) is 37.1 Å². The van der Waals surface area contributed by atoms with Gasteiger partial charge in [0.05, 0.1) is 24.4 Å². The predicted molar refractivity (Wildman–Crippen MR) is 462 cm³/mol. The molecule has 0 aliphatic heterocycles. The van der Waals surface area contributed by atoms with Crippen molar-refractivity contribution in [3.8, 4) is 11.8 Å². The Kier molecular flexibility index (Phi) is 49.5. The van der Waals surface area contributed by atoms with Gasteiger partial charge in [0.1, 0.15) is 0 Å². The van der Waals surface area contributed by atoms with Crippen LogP contribution in [0.4, 0.5) is 4.79 Å². The van der Waals surface area contributed by atoms with E-state index in [0.29, 0.717) is 24.6 Å². The van der Waals surface area contributed by atoms with Crippen molar-refractivity contribution in [3.05, 3.63) is 47.8 Å². The minimum Gasteiger partial charge on any atom is -0.413 e. The first-order valence-electron chi connectivity index (χ1n) is 43.9. The van der Waals surface area contributed by atoms with Crippen molar-refractivity contribution < 1.29 is 32.0 Å². The topological polar surface area (TPSA) is 105 Å². The molecule has 15 heteroatoms. The third kappa shape index (κ3) is 42.6. The molecule has 2 rings (SSSR count). The van der Waals surface area contributed by atoms with E-state index < -0.39 is 39.4 Å². The summed E-state index contributed by atoms with van der Waals surface area (Å²) in [5, 5.41) is 0.412. The summed E-state index contributed by atoms with van der Waals surface area (Å²) in [7, 11) is -8.43. The summed E-state index contributed by atoms with van der Waals surface area (Å²) >= 11 is 0. The van der Waals surface area contributed by atoms with Crippen molar-refractivity contribution >= 4 is 39.4 Å². The number of carbonyl (C=O) groups excluding carboxylic acids is 1. The van der Waals surface area contributed by atoms with Crippen molar-refractivity contribution in [1.29, 1.82) is 0 Å². The predicted octanol–water partition coefficient (Wildman–Crippen LogP) is 28.2. The monoisotopic (exact) mass is 1520 g/mol. The zero-order valence-corrected chi connectivity index (χ0v) is 77.4. The van der Waals surface area contributed by atoms with Crippen LogP contribution in [0.2, 0.25) is 72.5 Å². The molecule has 0 aromatic carbocycles. The number of rotatable bonds is 62. The van der Waals surface area contributed by atoms with E-state index in [1.54, 1.807) is 12.4 Å². The maximum absolute atomic E-state index is 14.2. The lowest BCUT2D eigenvalue weighted by molar-refractivity contribution is 0.0679. The van der Waals surface area contributed by atoms with Crippen LogP contribution in [0.25, 0.3) is 0 Å². The van der Waals surface area contributed by atoms with Gasteiger partial charge in [-0.3, -0.25) is 9.80 Å². The number of hydrogen-bond acceptors (Lipinski definition) is 11. The zero-order chi connectivity index (χ0) is 77.8. The molecular formula is C89H174N4O7Si4. The van der Waals surface area contributed by atoms with Crippen LogP contribution in [0.15, 0.2) is 36.7 Å². The van der Waals surface area contributed by atoms with Gasteiger partial charge in [-0.15, -0.1) is 0 Å². The van der Waals surface area contributed by atoms with E-state index in [9.17, 15) is 4.79 Å². The second-order valence-electron chi connectivity index (χ2n) is 38.2. The van der Waals surface area contributed by atoms with Crippen LogP contribution in [-0.2, 0) is 30.5 Å². The first kappa shape index (κ1) is 98.3. The lowest BCUT2D eigenvalue weighted by Crippen LogP contribution is -2.50. The largest absolute Gasteiger partial charge is 0.522 e. The quantitative estimate of drug-likeness (QED) is 0.0359. The minimum absolute atomic E-state index is 0.103. The first-order chi connectivity index (χ1) is 48.9. The van der Waals surface area contributed by atoms with E-state index in [2.05, 4.69) is 185 Å². The number of pyridine rings is 2. The third-order valence-corrected chi connectivity index (χ3v) is 42.5. The molecule has 0 amide bonds. The Hall–Kier alpha value is -1.80. The van der Waals surface area contributed by atoms with Crippen LogP contribution >= 0.6 is 0 Å². The van der Waals surface area contributed by atoms with E-state index in [0.717, 1.165) is 88.9 Å². The Balaban J connectivity index is 2.55. The number of carbonyl (C=O) groups is 1. The lowest BCUT2D eigenvalue weighted by Gasteiger charge is -2.42. The first-order valence-corrected chi connectivity index (χ1v) is 55.5. The second-order valence-corrected chi connectivity index (χ2v) is 57.2. The highest BCUT2D eigenvalue weighted by molar-refractivity contribution is 6.75. The minimum atomic E-state index is -2.11. The summed E-state index contributed by atoms with van der Waals surface area (Å²) in [6, 6.07) is 8.04. The molecule has 2 heterocycles. The summed E-state index contributed by atoms with van der Waals surface area (Å²) in [4.78, 5) is 29.1. The fraction of sp³-hybridized carbons (Fsp3) is 0.876. The summed E-state index contributed by atoms with van der Waals surface area (Å²) in [6.07, 6.45) is 52.2. The van der Waals surface area contributed by atoms with E-state index in [1.165, 1.54) is 205 Å². The average molecular weight is 1520 g/mol. The molecule has 0 fully saturated rings. The standard InChI is InChI=1S/C89H174N4O7Si4/c1-25-29-33-37-41-45-49-53-65-79(97-101(17,18)86(5,6)7)73-92(74-80(98-102(19,20)87(8,9)10)66-54-50-46-42-38-34-30-26-2)71-59-63-77-61-57-69-90-83(77)95-85(94)96-84-78(62-58-70-91-84)64-60-72-93(75-81(99-103(21,22)88(11,12)13)67-55-51-47-43-39-35-31-27-3)76-82(100-104(23,24)89(14,15)16)68-56-52-48-44-40-36-32-28-4/h57-58,61-62,69-70,79-82H,25-56,59-60,63-68,71-76H2,1-24H3. The highest BCUT2D eigenvalue weighted by atomic mass is 28.4. The molecule has 0 aliphatic carbocycles. The molecule has 0 bridgehead atoms. The fourth-order valence-corrected chi connectivity index (χ4v) is 18.9. The highest BCUT2D eigenvalue weighted by Gasteiger charge is 2.44. The van der Waals surface area contributed by atoms with Gasteiger partial charge < -0.3 is 27.2 Å². The van der Waals surface area contributed by atoms with E-state index in [-0.39, 0.29) is 44.6 Å². The Morgan fingerprint density at radius 1 is 0.337 bits per heavy atom. The number of ether oxygens (including phenoxy) is 2. The Morgan fingerprint density at radius 3 is 0.760 bits per heavy atom. The summed E-state index contributed by atoms with van der Waals surface area (Å²) in [6.45, 7) is 62.5. The maximum atomic E-state index is 14.2. The van der Waals surface area contributed by atoms with Gasteiger partial charge in [0.15, 0.2) is 33.3 Å². The highest BCUT2D eigenvalue weighted by Crippen LogP contribution is 2.42. The molecule has 0 aliphatic rings. The van der Waals surface area contributed by atoms with Crippen LogP contribution in [0.3, 0.4) is 0 Å². The van der Waals surface area contributed by atoms with Crippen molar-refractivity contribution in [2.45, 2.75) is 465 Å². The Labute approximate surface area is 650 Å². The van der Waals surface area contributed by atoms with Gasteiger partial charge in [-0.2, -0.15) is 0 Å². The van der Waals surface area contributed by atoms with E-state index >= 15 is 0 Å². The van der Waals surface area contributed by atoms with Crippen LogP contribution < -0.4 is 9.47 Å². The molecule has 11 nitrogen and oxygen atoms in total. The van der Waals surface area contributed by atoms with Gasteiger partial charge >= 0.3 is 6.16 Å². The third-order valence-electron chi connectivity index (χ3n) is 24.3. The normalized spacial score (nSPS) is 14.4. The number of aryl methyl sites for hydroxylation is 2. The van der Waals surface area contributed by atoms with Gasteiger partial charge in [-0.1, -0.05) is 328 Å². The van der Waals surface area contributed by atoms with Crippen LogP contribution in [0.5, 0.6) is 11.8 Å². The smallest absolute Gasteiger partial charge is 0.413 e. The zero-order valence-electron chi connectivity index (χ0n) is 73.4. The number of aromatic nitrogens is 2. The summed E-state index contributed by atoms with van der Waals surface area (Å²) in [5.41, 5.74) is 1.78. The van der Waals surface area contributed by atoms with Crippen molar-refractivity contribution in [1.82, 2.24) is 19.8 Å². The maximum Gasteiger partial charge on any atom is 0.522 e. The number of unbranched alkanes of at least 4 members (excludes halogenated alkanes) is 28. The van der Waals surface area contributed by atoms with Crippen molar-refractivity contribution in [3.63, 3.8) is 0 Å². The SMILES string of the molecule is CCCCCCCCCCC(CN(CCCc1cccnc1OC(=O)Oc1ncccc1CCCN(CC(CCCCCCCCCC)O[Si](C)(C)C(C)(C)C)CC(CCCCCCCCCC)O[Si](C)(C)C(C)(C)C)CC(CCCCCCCCCC)O[Si](C)(C)C(C)(C)C)O[Si](C)(C)C(C)(C)C. The summed E-state index contributed by atoms with van der Waals surface area (Å²) < 4.78 is 42.3.